The van der Waals surface area contributed by atoms with E-state index >= 15 is 0 Å². The number of H-pyrrole nitrogens is 1. The van der Waals surface area contributed by atoms with E-state index in [-0.39, 0.29) is 5.43 Å². The van der Waals surface area contributed by atoms with Gasteiger partial charge in [-0.25, -0.2) is 0 Å². The molecule has 112 valence electrons. The Morgan fingerprint density at radius 3 is 3.00 bits per heavy atom. The fourth-order valence-electron chi connectivity index (χ4n) is 3.27. The van der Waals surface area contributed by atoms with E-state index in [1.165, 1.54) is 12.8 Å². The van der Waals surface area contributed by atoms with E-state index in [0.29, 0.717) is 0 Å². The quantitative estimate of drug-likeness (QED) is 0.895. The van der Waals surface area contributed by atoms with Crippen LogP contribution in [0.25, 0.3) is 10.9 Å². The van der Waals surface area contributed by atoms with Crippen molar-refractivity contribution in [2.24, 2.45) is 5.92 Å². The number of nitrogens with one attached hydrogen (secondary N) is 1. The van der Waals surface area contributed by atoms with Gasteiger partial charge < -0.3 is 4.98 Å². The summed E-state index contributed by atoms with van der Waals surface area (Å²) >= 11 is 3.45. The third kappa shape index (κ3) is 3.06. The molecule has 21 heavy (non-hydrogen) atoms. The van der Waals surface area contributed by atoms with Gasteiger partial charge in [0.15, 0.2) is 5.43 Å². The summed E-state index contributed by atoms with van der Waals surface area (Å²) in [6.45, 7) is 7.25. The number of pyridine rings is 1. The molecule has 3 rings (SSSR count). The molecule has 0 radical (unpaired) electrons. The first-order valence-corrected chi connectivity index (χ1v) is 8.37. The molecule has 0 spiro atoms. The zero-order chi connectivity index (χ0) is 15.0. The van der Waals surface area contributed by atoms with Crippen LogP contribution < -0.4 is 5.43 Å². The lowest BCUT2D eigenvalue weighted by Gasteiger charge is -2.31. The molecule has 0 bridgehead atoms. The molecule has 0 aliphatic carbocycles. The minimum absolute atomic E-state index is 0.167. The van der Waals surface area contributed by atoms with Crippen LogP contribution in [0.3, 0.4) is 0 Å². The lowest BCUT2D eigenvalue weighted by molar-refractivity contribution is 0.176. The van der Waals surface area contributed by atoms with Crippen molar-refractivity contribution in [2.75, 3.05) is 13.1 Å². The highest BCUT2D eigenvalue weighted by molar-refractivity contribution is 9.10. The topological polar surface area (TPSA) is 36.1 Å². The van der Waals surface area contributed by atoms with Gasteiger partial charge in [-0.1, -0.05) is 22.9 Å². The molecule has 1 aromatic carbocycles. The molecular formula is C17H21BrN2O. The molecule has 2 heterocycles. The predicted molar refractivity (Wildman–Crippen MR) is 90.7 cm³/mol. The second-order valence-corrected chi connectivity index (χ2v) is 7.15. The van der Waals surface area contributed by atoms with Gasteiger partial charge in [-0.2, -0.15) is 0 Å². The van der Waals surface area contributed by atoms with E-state index in [9.17, 15) is 4.79 Å². The van der Waals surface area contributed by atoms with E-state index in [0.717, 1.165) is 52.2 Å². The fraction of sp³-hybridized carbons (Fsp3) is 0.471. The van der Waals surface area contributed by atoms with Gasteiger partial charge in [0.2, 0.25) is 0 Å². The number of aryl methyl sites for hydroxylation is 1. The van der Waals surface area contributed by atoms with Crippen LogP contribution in [0.1, 0.15) is 31.0 Å². The second kappa shape index (κ2) is 5.93. The minimum atomic E-state index is 0.167. The van der Waals surface area contributed by atoms with E-state index in [1.807, 2.05) is 25.1 Å². The summed E-state index contributed by atoms with van der Waals surface area (Å²) < 4.78 is 0.946. The van der Waals surface area contributed by atoms with Gasteiger partial charge in [-0.15, -0.1) is 0 Å². The molecule has 4 heteroatoms. The highest BCUT2D eigenvalue weighted by atomic mass is 79.9. The van der Waals surface area contributed by atoms with Gasteiger partial charge in [0.05, 0.1) is 0 Å². The van der Waals surface area contributed by atoms with Crippen LogP contribution in [0.2, 0.25) is 0 Å². The summed E-state index contributed by atoms with van der Waals surface area (Å²) in [6, 6.07) is 5.83. The number of rotatable bonds is 2. The maximum absolute atomic E-state index is 12.8. The number of hydrogen-bond donors (Lipinski definition) is 1. The molecule has 0 saturated carbocycles. The van der Waals surface area contributed by atoms with E-state index in [2.05, 4.69) is 32.7 Å². The average Bonchev–Trinajstić information content (AvgIpc) is 2.45. The van der Waals surface area contributed by atoms with E-state index in [4.69, 9.17) is 0 Å². The highest BCUT2D eigenvalue weighted by Crippen LogP contribution is 2.20. The molecule has 1 saturated heterocycles. The van der Waals surface area contributed by atoms with Crippen LogP contribution in [0.5, 0.6) is 0 Å². The number of piperidine rings is 1. The Hall–Kier alpha value is -1.13. The normalized spacial score (nSPS) is 20.0. The number of aromatic nitrogens is 1. The largest absolute Gasteiger partial charge is 0.358 e. The second-order valence-electron chi connectivity index (χ2n) is 6.23. The lowest BCUT2D eigenvalue weighted by Crippen LogP contribution is -2.35. The van der Waals surface area contributed by atoms with E-state index < -0.39 is 0 Å². The monoisotopic (exact) mass is 348 g/mol. The maximum atomic E-state index is 12.8. The summed E-state index contributed by atoms with van der Waals surface area (Å²) in [5.74, 6) is 0.729. The zero-order valence-electron chi connectivity index (χ0n) is 12.6. The fourth-order valence-corrected chi connectivity index (χ4v) is 3.63. The Balaban J connectivity index is 2.00. The van der Waals surface area contributed by atoms with Gasteiger partial charge in [-0.05, 0) is 50.4 Å². The first-order chi connectivity index (χ1) is 10.0. The molecular weight excluding hydrogens is 328 g/mol. The van der Waals surface area contributed by atoms with Gasteiger partial charge in [0, 0.05) is 39.7 Å². The first-order valence-electron chi connectivity index (χ1n) is 7.58. The number of fused-ring (bicyclic) bond motifs is 1. The maximum Gasteiger partial charge on any atom is 0.194 e. The summed E-state index contributed by atoms with van der Waals surface area (Å²) in [4.78, 5) is 18.6. The van der Waals surface area contributed by atoms with Crippen molar-refractivity contribution in [3.8, 4) is 0 Å². The van der Waals surface area contributed by atoms with Gasteiger partial charge in [0.1, 0.15) is 0 Å². The number of halogens is 1. The molecule has 2 aromatic rings. The summed E-state index contributed by atoms with van der Waals surface area (Å²) in [6.07, 6.45) is 2.54. The van der Waals surface area contributed by atoms with Crippen molar-refractivity contribution in [1.82, 2.24) is 9.88 Å². The average molecular weight is 349 g/mol. The number of likely N-dealkylation sites (tertiary alicyclic amines) is 1. The molecule has 3 nitrogen and oxygen atoms in total. The first kappa shape index (κ1) is 14.8. The molecule has 0 unspecified atom stereocenters. The SMILES string of the molecule is Cc1[nH]c2ccc(Br)cc2c(=O)c1CN1CCC[C@H](C)C1. The molecule has 1 fully saturated rings. The van der Waals surface area contributed by atoms with Gasteiger partial charge in [-0.3, -0.25) is 9.69 Å². The lowest BCUT2D eigenvalue weighted by atomic mass is 9.99. The number of aromatic amines is 1. The zero-order valence-corrected chi connectivity index (χ0v) is 14.2. The number of hydrogen-bond acceptors (Lipinski definition) is 2. The van der Waals surface area contributed by atoms with Crippen LogP contribution >= 0.6 is 15.9 Å². The van der Waals surface area contributed by atoms with Crippen LogP contribution in [-0.4, -0.2) is 23.0 Å². The summed E-state index contributed by atoms with van der Waals surface area (Å²) in [5, 5.41) is 0.773. The smallest absolute Gasteiger partial charge is 0.194 e. The highest BCUT2D eigenvalue weighted by Gasteiger charge is 2.19. The van der Waals surface area contributed by atoms with Crippen molar-refractivity contribution >= 4 is 26.8 Å². The van der Waals surface area contributed by atoms with Crippen LogP contribution in [0.4, 0.5) is 0 Å². The summed E-state index contributed by atoms with van der Waals surface area (Å²) in [5.41, 5.74) is 2.99. The van der Waals surface area contributed by atoms with Gasteiger partial charge in [0.25, 0.3) is 0 Å². The molecule has 0 amide bonds. The standard InChI is InChI=1S/C17H21BrN2O/c1-11-4-3-7-20(9-11)10-15-12(2)19-16-6-5-13(18)8-14(16)17(15)21/h5-6,8,11H,3-4,7,9-10H2,1-2H3,(H,19,21)/t11-/m0/s1. The molecule has 1 aliphatic heterocycles. The Labute approximate surface area is 133 Å². The molecule has 1 aromatic heterocycles. The number of benzene rings is 1. The molecule has 1 N–H and O–H groups in total. The summed E-state index contributed by atoms with van der Waals surface area (Å²) in [7, 11) is 0. The molecule has 1 atom stereocenters. The third-order valence-corrected chi connectivity index (χ3v) is 4.89. The number of nitrogens with zero attached hydrogens (tertiary/aromatic N) is 1. The third-order valence-electron chi connectivity index (χ3n) is 4.40. The van der Waals surface area contributed by atoms with Crippen molar-refractivity contribution in [3.05, 3.63) is 44.2 Å². The minimum Gasteiger partial charge on any atom is -0.358 e. The van der Waals surface area contributed by atoms with Crippen molar-refractivity contribution < 1.29 is 0 Å². The van der Waals surface area contributed by atoms with Crippen LogP contribution in [0, 0.1) is 12.8 Å². The van der Waals surface area contributed by atoms with Crippen LogP contribution in [0.15, 0.2) is 27.5 Å². The Morgan fingerprint density at radius 2 is 2.24 bits per heavy atom. The Bertz CT molecular complexity index is 723. The van der Waals surface area contributed by atoms with Crippen molar-refractivity contribution in [3.63, 3.8) is 0 Å². The van der Waals surface area contributed by atoms with Crippen molar-refractivity contribution in [2.45, 2.75) is 33.2 Å². The van der Waals surface area contributed by atoms with Crippen LogP contribution in [-0.2, 0) is 6.54 Å². The van der Waals surface area contributed by atoms with E-state index in [1.54, 1.807) is 0 Å². The molecule has 1 aliphatic rings. The van der Waals surface area contributed by atoms with Gasteiger partial charge >= 0.3 is 0 Å². The van der Waals surface area contributed by atoms with Crippen molar-refractivity contribution in [1.29, 1.82) is 0 Å². The predicted octanol–water partition coefficient (Wildman–Crippen LogP) is 3.83. The Morgan fingerprint density at radius 1 is 1.43 bits per heavy atom. The Kier molecular flexibility index (Phi) is 4.18.